The minimum Gasteiger partial charge on any atom is -0.396 e. The molecular formula is C15H20N4O. The fourth-order valence-electron chi connectivity index (χ4n) is 4.36. The van der Waals surface area contributed by atoms with Crippen LogP contribution in [-0.4, -0.2) is 26.2 Å². The van der Waals surface area contributed by atoms with E-state index in [2.05, 4.69) is 20.7 Å². The van der Waals surface area contributed by atoms with Crippen molar-refractivity contribution in [1.29, 1.82) is 0 Å². The molecular weight excluding hydrogens is 252 g/mol. The van der Waals surface area contributed by atoms with Crippen LogP contribution < -0.4 is 5.73 Å². The molecule has 2 aliphatic rings. The van der Waals surface area contributed by atoms with E-state index in [0.717, 1.165) is 11.0 Å². The zero-order valence-corrected chi connectivity index (χ0v) is 11.5. The van der Waals surface area contributed by atoms with Gasteiger partial charge in [-0.2, -0.15) is 0 Å². The van der Waals surface area contributed by atoms with E-state index < -0.39 is 0 Å². The average Bonchev–Trinajstić information content (AvgIpc) is 3.00. The predicted octanol–water partition coefficient (Wildman–Crippen LogP) is 2.13. The first-order valence-electron chi connectivity index (χ1n) is 7.39. The molecule has 106 valence electrons. The van der Waals surface area contributed by atoms with Crippen molar-refractivity contribution in [2.45, 2.75) is 38.1 Å². The van der Waals surface area contributed by atoms with E-state index in [-0.39, 0.29) is 0 Å². The Morgan fingerprint density at radius 3 is 3.00 bits per heavy atom. The molecule has 0 amide bonds. The second-order valence-corrected chi connectivity index (χ2v) is 6.57. The fourth-order valence-corrected chi connectivity index (χ4v) is 4.36. The SMILES string of the molecule is Nc1ncnc2c1ccn2[C@H]1CCC2(CC(CO)C2)C1. The van der Waals surface area contributed by atoms with Crippen LogP contribution in [0.1, 0.15) is 38.1 Å². The third-order valence-electron chi connectivity index (χ3n) is 5.31. The largest absolute Gasteiger partial charge is 0.396 e. The lowest BCUT2D eigenvalue weighted by atomic mass is 9.61. The highest BCUT2D eigenvalue weighted by Crippen LogP contribution is 2.59. The van der Waals surface area contributed by atoms with Gasteiger partial charge in [0.2, 0.25) is 0 Å². The Morgan fingerprint density at radius 2 is 2.20 bits per heavy atom. The number of nitrogens with zero attached hydrogens (tertiary/aromatic N) is 3. The Morgan fingerprint density at radius 1 is 1.35 bits per heavy atom. The highest BCUT2D eigenvalue weighted by molar-refractivity contribution is 5.86. The van der Waals surface area contributed by atoms with E-state index in [1.54, 1.807) is 6.33 Å². The highest BCUT2D eigenvalue weighted by atomic mass is 16.3. The van der Waals surface area contributed by atoms with E-state index in [1.165, 1.54) is 32.1 Å². The monoisotopic (exact) mass is 272 g/mol. The molecule has 20 heavy (non-hydrogen) atoms. The van der Waals surface area contributed by atoms with Crippen LogP contribution in [0.3, 0.4) is 0 Å². The quantitative estimate of drug-likeness (QED) is 0.878. The Labute approximate surface area is 117 Å². The van der Waals surface area contributed by atoms with Crippen LogP contribution in [0.15, 0.2) is 18.6 Å². The van der Waals surface area contributed by atoms with Gasteiger partial charge >= 0.3 is 0 Å². The van der Waals surface area contributed by atoms with Crippen molar-refractivity contribution < 1.29 is 5.11 Å². The summed E-state index contributed by atoms with van der Waals surface area (Å²) in [5, 5.41) is 10.2. The van der Waals surface area contributed by atoms with Gasteiger partial charge < -0.3 is 15.4 Å². The minimum absolute atomic E-state index is 0.350. The van der Waals surface area contributed by atoms with Crippen molar-refractivity contribution in [3.05, 3.63) is 18.6 Å². The maximum absolute atomic E-state index is 9.22. The summed E-state index contributed by atoms with van der Waals surface area (Å²) in [6.07, 6.45) is 9.70. The van der Waals surface area contributed by atoms with E-state index in [4.69, 9.17) is 5.73 Å². The molecule has 2 aromatic heterocycles. The van der Waals surface area contributed by atoms with Gasteiger partial charge in [0.1, 0.15) is 17.8 Å². The Balaban J connectivity index is 1.61. The maximum atomic E-state index is 9.22. The zero-order valence-electron chi connectivity index (χ0n) is 11.5. The van der Waals surface area contributed by atoms with Gasteiger partial charge in [-0.1, -0.05) is 0 Å². The van der Waals surface area contributed by atoms with E-state index in [1.807, 2.05) is 6.07 Å². The maximum Gasteiger partial charge on any atom is 0.145 e. The lowest BCUT2D eigenvalue weighted by Crippen LogP contribution is -2.37. The number of aliphatic hydroxyl groups excluding tert-OH is 1. The topological polar surface area (TPSA) is 77.0 Å². The molecule has 0 unspecified atom stereocenters. The van der Waals surface area contributed by atoms with Gasteiger partial charge in [-0.05, 0) is 49.5 Å². The lowest BCUT2D eigenvalue weighted by molar-refractivity contribution is 0.0193. The summed E-state index contributed by atoms with van der Waals surface area (Å²) in [6, 6.07) is 2.54. The molecule has 0 aliphatic heterocycles. The normalized spacial score (nSPS) is 32.9. The highest BCUT2D eigenvalue weighted by Gasteiger charge is 2.48. The van der Waals surface area contributed by atoms with E-state index in [0.29, 0.717) is 29.8 Å². The third kappa shape index (κ3) is 1.66. The molecule has 3 N–H and O–H groups in total. The minimum atomic E-state index is 0.350. The first-order chi connectivity index (χ1) is 9.71. The smallest absolute Gasteiger partial charge is 0.145 e. The van der Waals surface area contributed by atoms with Gasteiger partial charge in [0.15, 0.2) is 0 Å². The van der Waals surface area contributed by atoms with E-state index >= 15 is 0 Å². The van der Waals surface area contributed by atoms with Crippen LogP contribution in [0.2, 0.25) is 0 Å². The number of nitrogen functional groups attached to an aromatic ring is 1. The molecule has 2 fully saturated rings. The number of aromatic nitrogens is 3. The first kappa shape index (κ1) is 12.1. The molecule has 2 aromatic rings. The Hall–Kier alpha value is -1.62. The van der Waals surface area contributed by atoms with Gasteiger partial charge in [-0.15, -0.1) is 0 Å². The molecule has 0 bridgehead atoms. The Kier molecular flexibility index (Phi) is 2.54. The number of aliphatic hydroxyl groups is 1. The standard InChI is InChI=1S/C15H20N4O/c16-13-12-2-4-19(14(12)18-9-17-13)11-1-3-15(7-11)5-10(6-15)8-20/h2,4,9-11,20H,1,3,5-8H2,(H2,16,17,18)/t10?,11-,15?/m0/s1. The summed E-state index contributed by atoms with van der Waals surface area (Å²) in [7, 11) is 0. The third-order valence-corrected chi connectivity index (χ3v) is 5.31. The molecule has 5 heteroatoms. The van der Waals surface area contributed by atoms with Gasteiger partial charge in [-0.25, -0.2) is 9.97 Å². The van der Waals surface area contributed by atoms with Gasteiger partial charge in [0, 0.05) is 18.8 Å². The van der Waals surface area contributed by atoms with Crippen molar-refractivity contribution in [3.63, 3.8) is 0 Å². The van der Waals surface area contributed by atoms with E-state index in [9.17, 15) is 5.11 Å². The summed E-state index contributed by atoms with van der Waals surface area (Å²) in [5.74, 6) is 1.10. The summed E-state index contributed by atoms with van der Waals surface area (Å²) < 4.78 is 2.27. The van der Waals surface area contributed by atoms with Crippen molar-refractivity contribution in [2.24, 2.45) is 11.3 Å². The Bertz CT molecular complexity index is 644. The van der Waals surface area contributed by atoms with Gasteiger partial charge in [-0.3, -0.25) is 0 Å². The van der Waals surface area contributed by atoms with Gasteiger partial charge in [0.25, 0.3) is 0 Å². The van der Waals surface area contributed by atoms with Crippen LogP contribution in [0, 0.1) is 11.3 Å². The number of hydrogen-bond acceptors (Lipinski definition) is 4. The zero-order chi connectivity index (χ0) is 13.7. The summed E-state index contributed by atoms with van der Waals surface area (Å²) in [5.41, 5.74) is 7.34. The van der Waals surface area contributed by atoms with Crippen LogP contribution in [0.4, 0.5) is 5.82 Å². The fraction of sp³-hybridized carbons (Fsp3) is 0.600. The second kappa shape index (κ2) is 4.19. The van der Waals surface area contributed by atoms with Crippen LogP contribution in [0.5, 0.6) is 0 Å². The van der Waals surface area contributed by atoms with Crippen molar-refractivity contribution in [2.75, 3.05) is 12.3 Å². The second-order valence-electron chi connectivity index (χ2n) is 6.57. The molecule has 0 aromatic carbocycles. The molecule has 2 aliphatic carbocycles. The summed E-state index contributed by atoms with van der Waals surface area (Å²) in [6.45, 7) is 0.350. The van der Waals surface area contributed by atoms with Crippen LogP contribution in [0.25, 0.3) is 11.0 Å². The first-order valence-corrected chi connectivity index (χ1v) is 7.39. The van der Waals surface area contributed by atoms with Crippen LogP contribution in [-0.2, 0) is 0 Å². The summed E-state index contributed by atoms with van der Waals surface area (Å²) >= 11 is 0. The average molecular weight is 272 g/mol. The molecule has 0 radical (unpaired) electrons. The lowest BCUT2D eigenvalue weighted by Gasteiger charge is -2.45. The van der Waals surface area contributed by atoms with Crippen molar-refractivity contribution in [3.8, 4) is 0 Å². The van der Waals surface area contributed by atoms with Crippen molar-refractivity contribution in [1.82, 2.24) is 14.5 Å². The number of hydrogen-bond donors (Lipinski definition) is 2. The molecule has 1 atom stereocenters. The van der Waals surface area contributed by atoms with Crippen LogP contribution >= 0.6 is 0 Å². The molecule has 2 saturated carbocycles. The number of nitrogens with two attached hydrogens (primary N) is 1. The molecule has 1 spiro atoms. The number of anilines is 1. The molecule has 2 heterocycles. The molecule has 5 nitrogen and oxygen atoms in total. The molecule has 4 rings (SSSR count). The van der Waals surface area contributed by atoms with Crippen molar-refractivity contribution >= 4 is 16.9 Å². The molecule has 0 saturated heterocycles. The number of fused-ring (bicyclic) bond motifs is 1. The summed E-state index contributed by atoms with van der Waals surface area (Å²) in [4.78, 5) is 8.45. The number of rotatable bonds is 2. The van der Waals surface area contributed by atoms with Gasteiger partial charge in [0.05, 0.1) is 5.39 Å². The predicted molar refractivity (Wildman–Crippen MR) is 77.1 cm³/mol.